The molecule has 3 aromatic rings. The number of hydrogen-bond donors (Lipinski definition) is 0. The number of halogens is 1. The van der Waals surface area contributed by atoms with Gasteiger partial charge in [-0.3, -0.25) is 14.1 Å². The average Bonchev–Trinajstić information content (AvgIpc) is 3.30. The van der Waals surface area contributed by atoms with Gasteiger partial charge in [-0.2, -0.15) is 5.10 Å². The monoisotopic (exact) mass is 382 g/mol. The lowest BCUT2D eigenvalue weighted by atomic mass is 9.85. The number of aromatic nitrogens is 5. The fourth-order valence-electron chi connectivity index (χ4n) is 4.54. The van der Waals surface area contributed by atoms with Crippen LogP contribution >= 0.6 is 11.6 Å². The van der Waals surface area contributed by atoms with Crippen molar-refractivity contribution >= 4 is 11.6 Å². The minimum atomic E-state index is 0.435. The van der Waals surface area contributed by atoms with E-state index in [1.54, 1.807) is 0 Å². The highest BCUT2D eigenvalue weighted by atomic mass is 35.5. The van der Waals surface area contributed by atoms with E-state index in [0.717, 1.165) is 55.4 Å². The molecule has 0 atom stereocenters. The Balaban J connectivity index is 1.47. The van der Waals surface area contributed by atoms with Crippen LogP contribution < -0.4 is 0 Å². The zero-order valence-corrected chi connectivity index (χ0v) is 16.2. The molecule has 5 rings (SSSR count). The number of nitrogens with zero attached hydrogens (tertiary/aromatic N) is 6. The molecule has 2 aromatic heterocycles. The molecule has 3 heterocycles. The van der Waals surface area contributed by atoms with Crippen LogP contribution in [0, 0.1) is 0 Å². The van der Waals surface area contributed by atoms with Gasteiger partial charge in [-0.15, -0.1) is 10.2 Å². The van der Waals surface area contributed by atoms with Gasteiger partial charge in [-0.1, -0.05) is 11.6 Å². The predicted molar refractivity (Wildman–Crippen MR) is 104 cm³/mol. The first-order valence-electron chi connectivity index (χ1n) is 9.59. The van der Waals surface area contributed by atoms with Crippen LogP contribution in [0.3, 0.4) is 0 Å². The highest BCUT2D eigenvalue weighted by Gasteiger charge is 2.30. The van der Waals surface area contributed by atoms with Crippen LogP contribution in [0.15, 0.2) is 36.7 Å². The van der Waals surface area contributed by atoms with Gasteiger partial charge in [0, 0.05) is 29.9 Å². The number of fused-ring (bicyclic) bond motifs is 3. The first kappa shape index (κ1) is 17.0. The molecule has 6 nitrogen and oxygen atoms in total. The highest BCUT2D eigenvalue weighted by Crippen LogP contribution is 2.39. The smallest absolute Gasteiger partial charge is 0.151 e. The van der Waals surface area contributed by atoms with Crippen LogP contribution in [0.25, 0.3) is 5.69 Å². The first-order chi connectivity index (χ1) is 13.2. The molecule has 0 saturated heterocycles. The lowest BCUT2D eigenvalue weighted by Gasteiger charge is -2.28. The average molecular weight is 383 g/mol. The third-order valence-electron chi connectivity index (χ3n) is 5.85. The van der Waals surface area contributed by atoms with E-state index in [0.29, 0.717) is 12.0 Å². The quantitative estimate of drug-likeness (QED) is 0.673. The maximum atomic E-state index is 6.26. The third kappa shape index (κ3) is 3.07. The summed E-state index contributed by atoms with van der Waals surface area (Å²) in [5, 5.41) is 14.4. The minimum Gasteiger partial charge on any atom is -0.295 e. The van der Waals surface area contributed by atoms with E-state index in [1.807, 2.05) is 18.3 Å². The van der Waals surface area contributed by atoms with Crippen LogP contribution in [0.1, 0.15) is 54.9 Å². The van der Waals surface area contributed by atoms with Crippen molar-refractivity contribution in [1.29, 1.82) is 0 Å². The Kier molecular flexibility index (Phi) is 4.25. The topological polar surface area (TPSA) is 51.8 Å². The molecule has 0 bridgehead atoms. The molecule has 0 N–H and O–H groups in total. The second-order valence-electron chi connectivity index (χ2n) is 7.75. The van der Waals surface area contributed by atoms with Crippen LogP contribution in [0.2, 0.25) is 5.02 Å². The zero-order valence-electron chi connectivity index (χ0n) is 15.4. The Hall–Kier alpha value is -2.18. The van der Waals surface area contributed by atoms with E-state index in [4.69, 9.17) is 11.6 Å². The number of benzene rings is 1. The molecule has 1 fully saturated rings. The van der Waals surface area contributed by atoms with Crippen molar-refractivity contribution in [3.8, 4) is 5.69 Å². The van der Waals surface area contributed by atoms with Crippen molar-refractivity contribution in [2.45, 2.75) is 50.7 Å². The molecule has 1 saturated carbocycles. The molecule has 0 spiro atoms. The van der Waals surface area contributed by atoms with E-state index in [2.05, 4.69) is 54.8 Å². The van der Waals surface area contributed by atoms with Crippen LogP contribution in [0.5, 0.6) is 0 Å². The normalized spacial score (nSPS) is 22.9. The van der Waals surface area contributed by atoms with Gasteiger partial charge in [0.1, 0.15) is 5.82 Å². The summed E-state index contributed by atoms with van der Waals surface area (Å²) in [6, 6.07) is 8.65. The summed E-state index contributed by atoms with van der Waals surface area (Å²) in [4.78, 5) is 2.26. The van der Waals surface area contributed by atoms with Crippen LogP contribution in [-0.2, 0) is 13.1 Å². The standard InChI is InChI=1S/C20H23ClN6/c1-25-12-15-11-16(21)5-8-18(15)27-19(13-25)23-24-20(27)14-3-6-17(7-4-14)26-10-2-9-22-26/h2,5,8-11,14,17H,3-4,6-7,12-13H2,1H3. The van der Waals surface area contributed by atoms with Gasteiger partial charge in [0.05, 0.1) is 18.3 Å². The number of rotatable bonds is 2. The number of hydrogen-bond acceptors (Lipinski definition) is 4. The third-order valence-corrected chi connectivity index (χ3v) is 6.09. The summed E-state index contributed by atoms with van der Waals surface area (Å²) in [6.45, 7) is 1.66. The fraction of sp³-hybridized carbons (Fsp3) is 0.450. The molecule has 1 aromatic carbocycles. The summed E-state index contributed by atoms with van der Waals surface area (Å²) in [5.74, 6) is 2.55. The Labute approximate surface area is 163 Å². The van der Waals surface area contributed by atoms with Crippen molar-refractivity contribution in [3.05, 3.63) is 58.9 Å². The molecule has 0 radical (unpaired) electrons. The molecule has 0 amide bonds. The first-order valence-corrected chi connectivity index (χ1v) is 9.97. The van der Waals surface area contributed by atoms with Crippen LogP contribution in [0.4, 0.5) is 0 Å². The highest BCUT2D eigenvalue weighted by molar-refractivity contribution is 6.30. The molecular formula is C20H23ClN6. The van der Waals surface area contributed by atoms with Crippen molar-refractivity contribution < 1.29 is 0 Å². The van der Waals surface area contributed by atoms with E-state index >= 15 is 0 Å². The summed E-state index contributed by atoms with van der Waals surface area (Å²) >= 11 is 6.26. The second-order valence-corrected chi connectivity index (χ2v) is 8.18. The van der Waals surface area contributed by atoms with E-state index < -0.39 is 0 Å². The Morgan fingerprint density at radius 1 is 1.07 bits per heavy atom. The van der Waals surface area contributed by atoms with E-state index in [1.165, 1.54) is 11.3 Å². The van der Waals surface area contributed by atoms with Gasteiger partial charge in [0.15, 0.2) is 5.82 Å². The maximum Gasteiger partial charge on any atom is 0.151 e. The lowest BCUT2D eigenvalue weighted by molar-refractivity contribution is 0.296. The molecule has 27 heavy (non-hydrogen) atoms. The maximum absolute atomic E-state index is 6.26. The lowest BCUT2D eigenvalue weighted by Crippen LogP contribution is -2.20. The van der Waals surface area contributed by atoms with E-state index in [9.17, 15) is 0 Å². The van der Waals surface area contributed by atoms with Gasteiger partial charge >= 0.3 is 0 Å². The van der Waals surface area contributed by atoms with Crippen molar-refractivity contribution in [3.63, 3.8) is 0 Å². The molecule has 2 aliphatic rings. The summed E-state index contributed by atoms with van der Waals surface area (Å²) in [7, 11) is 2.12. The summed E-state index contributed by atoms with van der Waals surface area (Å²) < 4.78 is 4.39. The van der Waals surface area contributed by atoms with Gasteiger partial charge in [-0.25, -0.2) is 0 Å². The van der Waals surface area contributed by atoms with Gasteiger partial charge in [0.25, 0.3) is 0 Å². The van der Waals surface area contributed by atoms with E-state index in [-0.39, 0.29) is 0 Å². The molecule has 1 aliphatic heterocycles. The van der Waals surface area contributed by atoms with Crippen molar-refractivity contribution in [2.75, 3.05) is 7.05 Å². The molecular weight excluding hydrogens is 360 g/mol. The molecule has 1 aliphatic carbocycles. The van der Waals surface area contributed by atoms with Crippen molar-refractivity contribution in [1.82, 2.24) is 29.4 Å². The Morgan fingerprint density at radius 3 is 2.70 bits per heavy atom. The minimum absolute atomic E-state index is 0.435. The largest absolute Gasteiger partial charge is 0.295 e. The Morgan fingerprint density at radius 2 is 1.93 bits per heavy atom. The fourth-order valence-corrected chi connectivity index (χ4v) is 4.74. The summed E-state index contributed by atoms with van der Waals surface area (Å²) in [5.41, 5.74) is 2.41. The van der Waals surface area contributed by atoms with Crippen LogP contribution in [-0.4, -0.2) is 36.5 Å². The molecule has 7 heteroatoms. The zero-order chi connectivity index (χ0) is 18.4. The summed E-state index contributed by atoms with van der Waals surface area (Å²) in [6.07, 6.45) is 8.42. The molecule has 0 unspecified atom stereocenters. The van der Waals surface area contributed by atoms with Gasteiger partial charge < -0.3 is 0 Å². The second kappa shape index (κ2) is 6.77. The van der Waals surface area contributed by atoms with Crippen molar-refractivity contribution in [2.24, 2.45) is 0 Å². The SMILES string of the molecule is CN1Cc2cc(Cl)ccc2-n2c(nnc2C2CCC(n3cccn3)CC2)C1. The molecule has 140 valence electrons. The Bertz CT molecular complexity index is 940. The van der Waals surface area contributed by atoms with Gasteiger partial charge in [-0.05, 0) is 62.6 Å². The predicted octanol–water partition coefficient (Wildman–Crippen LogP) is 3.96. The van der Waals surface area contributed by atoms with Gasteiger partial charge in [0.2, 0.25) is 0 Å².